The molecule has 0 amide bonds. The van der Waals surface area contributed by atoms with Gasteiger partial charge >= 0.3 is 0 Å². The Kier molecular flexibility index (Phi) is 4.49. The number of hydrogen-bond donors (Lipinski definition) is 1. The van der Waals surface area contributed by atoms with E-state index in [1.165, 1.54) is 17.9 Å². The fourth-order valence-electron chi connectivity index (χ4n) is 1.10. The highest BCUT2D eigenvalue weighted by atomic mass is 35.5. The largest absolute Gasteiger partial charge is 1.00 e. The Morgan fingerprint density at radius 1 is 1.60 bits per heavy atom. The summed E-state index contributed by atoms with van der Waals surface area (Å²) in [5.41, 5.74) is 0. The SMILES string of the molecule is CCCN1C=C[NH+](C)C1.[Cl-]. The van der Waals surface area contributed by atoms with Crippen molar-refractivity contribution in [1.29, 1.82) is 0 Å². The molecule has 1 atom stereocenters. The van der Waals surface area contributed by atoms with Crippen LogP contribution in [0.15, 0.2) is 12.4 Å². The molecule has 1 aliphatic rings. The molecule has 3 heteroatoms. The van der Waals surface area contributed by atoms with E-state index in [-0.39, 0.29) is 12.4 Å². The van der Waals surface area contributed by atoms with Crippen molar-refractivity contribution in [3.05, 3.63) is 12.4 Å². The standard InChI is InChI=1S/C7H14N2.ClH/c1-3-4-9-6-5-8(2)7-9;/h5-6H,3-4,7H2,1-2H3;1H. The van der Waals surface area contributed by atoms with Gasteiger partial charge in [-0.25, -0.2) is 0 Å². The molecule has 60 valence electrons. The smallest absolute Gasteiger partial charge is 0.156 e. The monoisotopic (exact) mass is 162 g/mol. The van der Waals surface area contributed by atoms with Crippen LogP contribution in [0.2, 0.25) is 0 Å². The maximum absolute atomic E-state index is 2.34. The number of nitrogens with one attached hydrogen (secondary N) is 1. The molecular weight excluding hydrogens is 148 g/mol. The first-order chi connectivity index (χ1) is 4.33. The molecule has 0 aromatic rings. The number of hydrogen-bond acceptors (Lipinski definition) is 1. The van der Waals surface area contributed by atoms with Crippen molar-refractivity contribution >= 4 is 0 Å². The summed E-state index contributed by atoms with van der Waals surface area (Å²) in [7, 11) is 2.17. The first kappa shape index (κ1) is 9.79. The van der Waals surface area contributed by atoms with Gasteiger partial charge in [-0.3, -0.25) is 4.90 Å². The van der Waals surface area contributed by atoms with E-state index in [1.807, 2.05) is 0 Å². The molecule has 0 aliphatic carbocycles. The van der Waals surface area contributed by atoms with Gasteiger partial charge in [0.05, 0.1) is 13.2 Å². The van der Waals surface area contributed by atoms with Gasteiger partial charge in [-0.2, -0.15) is 0 Å². The van der Waals surface area contributed by atoms with Gasteiger partial charge in [0.25, 0.3) is 0 Å². The van der Waals surface area contributed by atoms with E-state index in [1.54, 1.807) is 0 Å². The van der Waals surface area contributed by atoms with E-state index in [9.17, 15) is 0 Å². The highest BCUT2D eigenvalue weighted by Gasteiger charge is 2.09. The van der Waals surface area contributed by atoms with Gasteiger partial charge in [-0.1, -0.05) is 6.92 Å². The van der Waals surface area contributed by atoms with Crippen LogP contribution in [0.1, 0.15) is 13.3 Å². The normalized spacial score (nSPS) is 23.0. The zero-order valence-electron chi connectivity index (χ0n) is 6.60. The third-order valence-electron chi connectivity index (χ3n) is 1.53. The summed E-state index contributed by atoms with van der Waals surface area (Å²) in [6.45, 7) is 4.56. The average Bonchev–Trinajstić information content (AvgIpc) is 2.17. The van der Waals surface area contributed by atoms with Crippen LogP contribution in [0.25, 0.3) is 0 Å². The van der Waals surface area contributed by atoms with Gasteiger partial charge in [0.2, 0.25) is 0 Å². The van der Waals surface area contributed by atoms with E-state index in [0.717, 1.165) is 6.67 Å². The molecule has 1 heterocycles. The summed E-state index contributed by atoms with van der Waals surface area (Å²) >= 11 is 0. The van der Waals surface area contributed by atoms with Gasteiger partial charge < -0.3 is 17.3 Å². The van der Waals surface area contributed by atoms with Crippen LogP contribution < -0.4 is 17.3 Å². The molecule has 1 rings (SSSR count). The van der Waals surface area contributed by atoms with Crippen molar-refractivity contribution in [3.63, 3.8) is 0 Å². The Hall–Kier alpha value is -0.210. The van der Waals surface area contributed by atoms with E-state index >= 15 is 0 Å². The summed E-state index contributed by atoms with van der Waals surface area (Å²) in [4.78, 5) is 3.82. The second kappa shape index (κ2) is 4.58. The number of quaternary nitrogens is 1. The predicted octanol–water partition coefficient (Wildman–Crippen LogP) is -3.34. The van der Waals surface area contributed by atoms with Crippen LogP contribution in [0, 0.1) is 0 Å². The van der Waals surface area contributed by atoms with Crippen molar-refractivity contribution in [2.75, 3.05) is 20.3 Å². The third-order valence-corrected chi connectivity index (χ3v) is 1.53. The topological polar surface area (TPSA) is 7.68 Å². The molecule has 0 saturated carbocycles. The minimum absolute atomic E-state index is 0. The molecular formula is C7H15ClN2. The Balaban J connectivity index is 0.000000810. The second-order valence-electron chi connectivity index (χ2n) is 2.63. The average molecular weight is 163 g/mol. The zero-order chi connectivity index (χ0) is 6.69. The van der Waals surface area contributed by atoms with Gasteiger partial charge in [-0.15, -0.1) is 0 Å². The third kappa shape index (κ3) is 2.58. The van der Waals surface area contributed by atoms with Gasteiger partial charge in [0.1, 0.15) is 6.20 Å². The summed E-state index contributed by atoms with van der Waals surface area (Å²) in [5.74, 6) is 0. The lowest BCUT2D eigenvalue weighted by atomic mass is 10.4. The molecule has 0 saturated heterocycles. The second-order valence-corrected chi connectivity index (χ2v) is 2.63. The Labute approximate surface area is 68.9 Å². The molecule has 0 spiro atoms. The summed E-state index contributed by atoms with van der Waals surface area (Å²) in [6.07, 6.45) is 5.62. The maximum atomic E-state index is 2.34. The fraction of sp³-hybridized carbons (Fsp3) is 0.714. The molecule has 1 N–H and O–H groups in total. The van der Waals surface area contributed by atoms with E-state index < -0.39 is 0 Å². The molecule has 0 aromatic heterocycles. The van der Waals surface area contributed by atoms with E-state index in [4.69, 9.17) is 0 Å². The lowest BCUT2D eigenvalue weighted by Crippen LogP contribution is -3.03. The Bertz CT molecular complexity index is 114. The number of rotatable bonds is 2. The zero-order valence-corrected chi connectivity index (χ0v) is 7.36. The summed E-state index contributed by atoms with van der Waals surface area (Å²) in [5, 5.41) is 0. The molecule has 0 radical (unpaired) electrons. The predicted molar refractivity (Wildman–Crippen MR) is 37.9 cm³/mol. The molecule has 1 unspecified atom stereocenters. The number of nitrogens with zero attached hydrogens (tertiary/aromatic N) is 1. The maximum Gasteiger partial charge on any atom is 0.156 e. The quantitative estimate of drug-likeness (QED) is 0.446. The molecule has 0 aromatic carbocycles. The molecule has 0 bridgehead atoms. The van der Waals surface area contributed by atoms with Crippen LogP contribution in [-0.2, 0) is 0 Å². The molecule has 0 fully saturated rings. The first-order valence-corrected chi connectivity index (χ1v) is 3.57. The van der Waals surface area contributed by atoms with Crippen molar-refractivity contribution in [2.24, 2.45) is 0 Å². The van der Waals surface area contributed by atoms with E-state index in [2.05, 4.69) is 31.3 Å². The Morgan fingerprint density at radius 3 is 2.70 bits per heavy atom. The van der Waals surface area contributed by atoms with Crippen molar-refractivity contribution in [3.8, 4) is 0 Å². The fourth-order valence-corrected chi connectivity index (χ4v) is 1.10. The van der Waals surface area contributed by atoms with E-state index in [0.29, 0.717) is 0 Å². The Morgan fingerprint density at radius 2 is 2.30 bits per heavy atom. The summed E-state index contributed by atoms with van der Waals surface area (Å²) < 4.78 is 0. The summed E-state index contributed by atoms with van der Waals surface area (Å²) in [6, 6.07) is 0. The number of halogens is 1. The highest BCUT2D eigenvalue weighted by Crippen LogP contribution is 1.90. The lowest BCUT2D eigenvalue weighted by Gasteiger charge is -2.12. The van der Waals surface area contributed by atoms with Gasteiger partial charge in [0, 0.05) is 6.54 Å². The molecule has 1 aliphatic heterocycles. The minimum Gasteiger partial charge on any atom is -1.00 e. The molecule has 10 heavy (non-hydrogen) atoms. The highest BCUT2D eigenvalue weighted by molar-refractivity contribution is 4.76. The van der Waals surface area contributed by atoms with Gasteiger partial charge in [0.15, 0.2) is 6.67 Å². The van der Waals surface area contributed by atoms with Crippen molar-refractivity contribution in [2.45, 2.75) is 13.3 Å². The minimum atomic E-state index is 0. The van der Waals surface area contributed by atoms with Crippen LogP contribution in [0.5, 0.6) is 0 Å². The lowest BCUT2D eigenvalue weighted by molar-refractivity contribution is -0.826. The van der Waals surface area contributed by atoms with Gasteiger partial charge in [-0.05, 0) is 6.42 Å². The first-order valence-electron chi connectivity index (χ1n) is 3.57. The van der Waals surface area contributed by atoms with Crippen molar-refractivity contribution < 1.29 is 17.3 Å². The van der Waals surface area contributed by atoms with Crippen molar-refractivity contribution in [1.82, 2.24) is 4.90 Å². The van der Waals surface area contributed by atoms with Crippen LogP contribution in [-0.4, -0.2) is 25.2 Å². The van der Waals surface area contributed by atoms with Crippen LogP contribution in [0.4, 0.5) is 0 Å². The van der Waals surface area contributed by atoms with Crippen LogP contribution in [0.3, 0.4) is 0 Å². The molecule has 2 nitrogen and oxygen atoms in total. The van der Waals surface area contributed by atoms with Crippen LogP contribution >= 0.6 is 0 Å².